The molecule has 6 atom stereocenters. The molecule has 5 N–H and O–H groups in total. The quantitative estimate of drug-likeness (QED) is 0.0977. The van der Waals surface area contributed by atoms with E-state index >= 15 is 0 Å². The topological polar surface area (TPSA) is 182 Å². The molecule has 57 heavy (non-hydrogen) atoms. The van der Waals surface area contributed by atoms with Crippen molar-refractivity contribution in [3.63, 3.8) is 0 Å². The summed E-state index contributed by atoms with van der Waals surface area (Å²) in [5.41, 5.74) is -1.07. The van der Waals surface area contributed by atoms with Crippen LogP contribution in [0.1, 0.15) is 104 Å². The number of fused-ring (bicyclic) bond motifs is 3. The fourth-order valence-corrected chi connectivity index (χ4v) is 8.48. The Morgan fingerprint density at radius 2 is 1.68 bits per heavy atom. The Bertz CT molecular complexity index is 2140. The molecule has 2 saturated heterocycles. The van der Waals surface area contributed by atoms with Crippen molar-refractivity contribution < 1.29 is 58.3 Å². The lowest BCUT2D eigenvalue weighted by Crippen LogP contribution is -2.55. The van der Waals surface area contributed by atoms with E-state index in [-0.39, 0.29) is 57.3 Å². The molecule has 0 amide bonds. The number of carbonyl (C=O) groups is 2. The predicted octanol–water partition coefficient (Wildman–Crippen LogP) is 4.00. The van der Waals surface area contributed by atoms with E-state index in [0.29, 0.717) is 11.3 Å². The molecule has 7 rings (SSSR count). The highest BCUT2D eigenvalue weighted by Crippen LogP contribution is 2.53. The van der Waals surface area contributed by atoms with Crippen molar-refractivity contribution in [2.45, 2.75) is 115 Å². The van der Waals surface area contributed by atoms with Gasteiger partial charge in [-0.25, -0.2) is 0 Å². The Balaban J connectivity index is 1.09. The third kappa shape index (κ3) is 7.24. The first-order valence-corrected chi connectivity index (χ1v) is 19.6. The van der Waals surface area contributed by atoms with Gasteiger partial charge in [0.2, 0.25) is 0 Å². The number of phenols is 2. The average molecular weight is 820 g/mol. The third-order valence-electron chi connectivity index (χ3n) is 11.9. The van der Waals surface area contributed by atoms with Crippen LogP contribution < -0.4 is 15.5 Å². The smallest absolute Gasteiger partial charge is 0.494 e. The molecule has 2 aliphatic carbocycles. The van der Waals surface area contributed by atoms with Gasteiger partial charge in [-0.05, 0) is 70.9 Å². The normalized spacial score (nSPS) is 27.2. The van der Waals surface area contributed by atoms with E-state index in [1.54, 1.807) is 25.1 Å². The number of nitrogens with one attached hydrogen (secondary N) is 1. The number of ether oxygens (including phenoxy) is 4. The summed E-state index contributed by atoms with van der Waals surface area (Å²) in [4.78, 5) is 26.8. The molecular formula is C41H46BNO12S2. The van der Waals surface area contributed by atoms with Gasteiger partial charge in [0.05, 0.1) is 52.6 Å². The maximum atomic E-state index is 13.9. The molecule has 16 heteroatoms. The number of methoxy groups -OCH3 is 1. The van der Waals surface area contributed by atoms with E-state index < -0.39 is 84.1 Å². The van der Waals surface area contributed by atoms with Crippen molar-refractivity contribution >= 4 is 58.6 Å². The second-order valence-electron chi connectivity index (χ2n) is 16.1. The summed E-state index contributed by atoms with van der Waals surface area (Å²) >= 11 is 11.3. The molecule has 2 aliphatic heterocycles. The summed E-state index contributed by atoms with van der Waals surface area (Å²) < 4.78 is 36.1. The van der Waals surface area contributed by atoms with E-state index in [4.69, 9.17) is 52.7 Å². The summed E-state index contributed by atoms with van der Waals surface area (Å²) in [7, 11) is 0.932. The van der Waals surface area contributed by atoms with Gasteiger partial charge >= 0.3 is 7.12 Å². The number of carbonyl (C=O) groups excluding carboxylic acids is 2. The molecule has 0 saturated carbocycles. The van der Waals surface area contributed by atoms with Crippen molar-refractivity contribution in [1.29, 1.82) is 0 Å². The Morgan fingerprint density at radius 1 is 1.02 bits per heavy atom. The first-order chi connectivity index (χ1) is 26.8. The van der Waals surface area contributed by atoms with Gasteiger partial charge in [0.25, 0.3) is 5.17 Å². The molecular weight excluding hydrogens is 773 g/mol. The Kier molecular flexibility index (Phi) is 10.8. The number of aliphatic hydroxyl groups is 2. The van der Waals surface area contributed by atoms with Crippen LogP contribution in [-0.4, -0.2) is 97.6 Å². The number of ketones is 2. The zero-order valence-electron chi connectivity index (χ0n) is 32.7. The molecule has 0 bridgehead atoms. The van der Waals surface area contributed by atoms with Crippen molar-refractivity contribution in [2.75, 3.05) is 7.11 Å². The highest BCUT2D eigenvalue weighted by atomic mass is 32.1. The summed E-state index contributed by atoms with van der Waals surface area (Å²) in [6.45, 7) is 11.0. The van der Waals surface area contributed by atoms with Crippen LogP contribution >= 0.6 is 24.4 Å². The molecule has 0 radical (unpaired) electrons. The van der Waals surface area contributed by atoms with Gasteiger partial charge in [-0.3, -0.25) is 9.59 Å². The summed E-state index contributed by atoms with van der Waals surface area (Å²) in [5.74, 6) is -1.86. The zero-order valence-corrected chi connectivity index (χ0v) is 34.3. The molecule has 3 aromatic carbocycles. The maximum absolute atomic E-state index is 13.9. The fraction of sp³-hybridized carbons (Fsp3) is 0.463. The minimum atomic E-state index is -2.02. The lowest BCUT2D eigenvalue weighted by molar-refractivity contribution is -0.248. The average Bonchev–Trinajstić information content (AvgIpc) is 3.38. The minimum absolute atomic E-state index is 0.0268. The molecule has 0 unspecified atom stereocenters. The van der Waals surface area contributed by atoms with Crippen LogP contribution in [0.5, 0.6) is 17.2 Å². The highest BCUT2D eigenvalue weighted by Gasteiger charge is 2.52. The van der Waals surface area contributed by atoms with Crippen LogP contribution in [0.2, 0.25) is 0 Å². The van der Waals surface area contributed by atoms with E-state index in [9.17, 15) is 30.0 Å². The number of hydrogen-bond donors (Lipinski definition) is 5. The number of aromatic hydroxyl groups is 2. The Labute approximate surface area is 341 Å². The van der Waals surface area contributed by atoms with E-state index in [0.717, 1.165) is 11.0 Å². The predicted molar refractivity (Wildman–Crippen MR) is 216 cm³/mol. The van der Waals surface area contributed by atoms with Gasteiger partial charge in [-0.15, -0.1) is 0 Å². The van der Waals surface area contributed by atoms with Crippen molar-refractivity contribution in [1.82, 2.24) is 5.32 Å². The van der Waals surface area contributed by atoms with Crippen LogP contribution in [0.25, 0.3) is 0 Å². The van der Waals surface area contributed by atoms with Crippen LogP contribution in [0.15, 0.2) is 42.5 Å². The zero-order chi connectivity index (χ0) is 41.4. The largest absolute Gasteiger partial charge is 0.507 e. The number of benzene rings is 3. The molecule has 302 valence electrons. The lowest BCUT2D eigenvalue weighted by atomic mass is 9.72. The van der Waals surface area contributed by atoms with E-state index in [1.807, 2.05) is 52.0 Å². The highest BCUT2D eigenvalue weighted by molar-refractivity contribution is 7.81. The number of rotatable bonds is 8. The van der Waals surface area contributed by atoms with Crippen molar-refractivity contribution in [3.05, 3.63) is 81.4 Å². The Hall–Kier alpha value is -4.00. The number of phenolic OH excluding ortho intramolecular Hbond substituents is 2. The summed E-state index contributed by atoms with van der Waals surface area (Å²) in [6.07, 6.45) is -4.79. The SMILES string of the molecule is COc1cccc2c1C(=S)c1c(O)c3c(c(O)c1C2=O)C[C@@](O)(C(C)=O)C[C@@H]3O[C@H]1C[C@H](NC(=S)OCc2ccc(B3OC(C)(C)C(C)(C)O3)cc2)[C@@H](O)[C@H](C)O1. The van der Waals surface area contributed by atoms with Gasteiger partial charge in [-0.1, -0.05) is 48.6 Å². The molecule has 4 aliphatic rings. The van der Waals surface area contributed by atoms with Crippen molar-refractivity contribution in [2.24, 2.45) is 0 Å². The molecule has 2 fully saturated rings. The van der Waals surface area contributed by atoms with Crippen LogP contribution in [-0.2, 0) is 41.3 Å². The van der Waals surface area contributed by atoms with Crippen LogP contribution in [0.3, 0.4) is 0 Å². The number of thiocarbonyl (C=S) groups is 2. The van der Waals surface area contributed by atoms with Gasteiger partial charge in [0.1, 0.15) is 35.6 Å². The van der Waals surface area contributed by atoms with Gasteiger partial charge in [0.15, 0.2) is 17.9 Å². The van der Waals surface area contributed by atoms with Crippen molar-refractivity contribution in [3.8, 4) is 17.2 Å². The number of aliphatic hydroxyl groups excluding tert-OH is 1. The second kappa shape index (κ2) is 15.0. The molecule has 0 aromatic heterocycles. The van der Waals surface area contributed by atoms with Gasteiger partial charge in [-0.2, -0.15) is 0 Å². The van der Waals surface area contributed by atoms with Gasteiger partial charge in [0, 0.05) is 41.5 Å². The molecule has 13 nitrogen and oxygen atoms in total. The monoisotopic (exact) mass is 819 g/mol. The van der Waals surface area contributed by atoms with Gasteiger partial charge < -0.3 is 54.0 Å². The first-order valence-electron chi connectivity index (χ1n) is 18.7. The molecule has 3 aromatic rings. The first kappa shape index (κ1) is 41.2. The maximum Gasteiger partial charge on any atom is 0.494 e. The van der Waals surface area contributed by atoms with E-state index in [2.05, 4.69) is 5.32 Å². The molecule has 2 heterocycles. The third-order valence-corrected chi connectivity index (χ3v) is 12.6. The summed E-state index contributed by atoms with van der Waals surface area (Å²) in [5, 5.41) is 49.5. The second-order valence-corrected chi connectivity index (χ2v) is 16.9. The van der Waals surface area contributed by atoms with E-state index in [1.165, 1.54) is 14.0 Å². The van der Waals surface area contributed by atoms with Crippen LogP contribution in [0.4, 0.5) is 0 Å². The minimum Gasteiger partial charge on any atom is -0.507 e. The van der Waals surface area contributed by atoms with Crippen LogP contribution in [0, 0.1) is 0 Å². The molecule has 0 spiro atoms. The summed E-state index contributed by atoms with van der Waals surface area (Å²) in [6, 6.07) is 11.7. The Morgan fingerprint density at radius 3 is 2.32 bits per heavy atom. The fourth-order valence-electron chi connectivity index (χ4n) is 7.86. The standard InChI is InChI=1S/C41H46BNO12S2/c1-19-33(45)25(43-38(57)51-18-21-11-13-22(14-12-21)42-54-39(3,4)40(5,6)55-42)15-28(52-19)53-27-17-41(49,20(2)44)16-24-29(27)36(48)32-31(35(24)47)34(46)23-9-8-10-26(50-7)30(23)37(32)56/h8-14,19,25,27-28,33,45,47-49H,15-18H2,1-7H3,(H,43,57)/t19-,25-,27-,28-,33-,41-/m0/s1. The number of Topliss-reactive ketones (excluding diaryl/α,β-unsaturated/α-hetero) is 1. The number of hydrogen-bond acceptors (Lipinski definition) is 14. The lowest BCUT2D eigenvalue weighted by Gasteiger charge is -2.43.